The number of aromatic hydroxyl groups is 1. The first-order valence-electron chi connectivity index (χ1n) is 7.04. The van der Waals surface area contributed by atoms with Crippen molar-refractivity contribution in [2.75, 3.05) is 4.90 Å². The number of para-hydroxylation sites is 2. The van der Waals surface area contributed by atoms with Gasteiger partial charge in [0.25, 0.3) is 0 Å². The molecular formula is C18H17NO2. The molecule has 0 aromatic heterocycles. The monoisotopic (exact) mass is 279 g/mol. The maximum atomic E-state index is 11.1. The molecule has 2 unspecified atom stereocenters. The second-order valence-corrected chi connectivity index (χ2v) is 5.20. The van der Waals surface area contributed by atoms with E-state index < -0.39 is 0 Å². The van der Waals surface area contributed by atoms with Crippen molar-refractivity contribution in [2.24, 2.45) is 5.92 Å². The predicted octanol–water partition coefficient (Wildman–Crippen LogP) is 3.67. The highest BCUT2D eigenvalue weighted by Crippen LogP contribution is 2.39. The van der Waals surface area contributed by atoms with Gasteiger partial charge in [-0.15, -0.1) is 0 Å². The normalized spacial score (nSPS) is 21.2. The molecule has 106 valence electrons. The predicted molar refractivity (Wildman–Crippen MR) is 83.1 cm³/mol. The molecule has 0 aliphatic carbocycles. The fourth-order valence-corrected chi connectivity index (χ4v) is 2.76. The molecule has 0 spiro atoms. The standard InChI is InChI=1S/C18H17NO2/c20-13-14-10-11-19(16-8-4-5-9-18(16)21)17(12-14)15-6-2-1-3-7-15/h1-11,13-14,17,21H,12H2. The van der Waals surface area contributed by atoms with Crippen LogP contribution < -0.4 is 4.90 Å². The van der Waals surface area contributed by atoms with Crippen molar-refractivity contribution in [1.29, 1.82) is 0 Å². The summed E-state index contributed by atoms with van der Waals surface area (Å²) in [5, 5.41) is 10.1. The van der Waals surface area contributed by atoms with Crippen molar-refractivity contribution < 1.29 is 9.90 Å². The molecule has 3 nitrogen and oxygen atoms in total. The van der Waals surface area contributed by atoms with E-state index in [0.29, 0.717) is 6.42 Å². The zero-order chi connectivity index (χ0) is 14.7. The van der Waals surface area contributed by atoms with E-state index >= 15 is 0 Å². The van der Waals surface area contributed by atoms with Gasteiger partial charge in [0.1, 0.15) is 12.0 Å². The Kier molecular flexibility index (Phi) is 3.73. The van der Waals surface area contributed by atoms with Crippen LogP contribution in [0.3, 0.4) is 0 Å². The number of carbonyl (C=O) groups is 1. The Hall–Kier alpha value is -2.55. The van der Waals surface area contributed by atoms with Crippen LogP contribution in [0.5, 0.6) is 5.75 Å². The van der Waals surface area contributed by atoms with E-state index in [4.69, 9.17) is 0 Å². The molecule has 3 rings (SSSR count). The van der Waals surface area contributed by atoms with Crippen molar-refractivity contribution in [3.05, 3.63) is 72.4 Å². The topological polar surface area (TPSA) is 40.5 Å². The third kappa shape index (κ3) is 2.68. The molecule has 2 atom stereocenters. The van der Waals surface area contributed by atoms with E-state index in [0.717, 1.165) is 17.5 Å². The Morgan fingerprint density at radius 2 is 1.76 bits per heavy atom. The molecule has 1 aliphatic rings. The van der Waals surface area contributed by atoms with Crippen molar-refractivity contribution in [2.45, 2.75) is 12.5 Å². The number of allylic oxidation sites excluding steroid dienone is 1. The first-order chi connectivity index (χ1) is 10.3. The summed E-state index contributed by atoms with van der Waals surface area (Å²) < 4.78 is 0. The third-order valence-electron chi connectivity index (χ3n) is 3.84. The van der Waals surface area contributed by atoms with Gasteiger partial charge in [0.2, 0.25) is 0 Å². The lowest BCUT2D eigenvalue weighted by Gasteiger charge is -2.36. The molecule has 2 aromatic carbocycles. The van der Waals surface area contributed by atoms with Gasteiger partial charge in [-0.1, -0.05) is 48.5 Å². The molecule has 0 bridgehead atoms. The summed E-state index contributed by atoms with van der Waals surface area (Å²) in [4.78, 5) is 13.2. The van der Waals surface area contributed by atoms with Crippen molar-refractivity contribution in [1.82, 2.24) is 0 Å². The summed E-state index contributed by atoms with van der Waals surface area (Å²) in [6.07, 6.45) is 5.47. The van der Waals surface area contributed by atoms with Gasteiger partial charge in [0.05, 0.1) is 11.7 Å². The third-order valence-corrected chi connectivity index (χ3v) is 3.84. The van der Waals surface area contributed by atoms with Crippen LogP contribution >= 0.6 is 0 Å². The maximum absolute atomic E-state index is 11.1. The van der Waals surface area contributed by atoms with Gasteiger partial charge >= 0.3 is 0 Å². The molecule has 0 saturated carbocycles. The Labute approximate surface area is 124 Å². The van der Waals surface area contributed by atoms with Gasteiger partial charge in [-0.25, -0.2) is 0 Å². The van der Waals surface area contributed by atoms with Crippen molar-refractivity contribution in [3.63, 3.8) is 0 Å². The number of hydrogen-bond donors (Lipinski definition) is 1. The second-order valence-electron chi connectivity index (χ2n) is 5.20. The molecular weight excluding hydrogens is 262 g/mol. The molecule has 1 aliphatic heterocycles. The van der Waals surface area contributed by atoms with E-state index in [1.807, 2.05) is 47.5 Å². The number of rotatable bonds is 3. The number of phenols is 1. The first-order valence-corrected chi connectivity index (χ1v) is 7.04. The Bertz CT molecular complexity index is 651. The van der Waals surface area contributed by atoms with E-state index in [-0.39, 0.29) is 17.7 Å². The molecule has 3 heteroatoms. The molecule has 0 saturated heterocycles. The summed E-state index contributed by atoms with van der Waals surface area (Å²) in [6.45, 7) is 0. The molecule has 0 amide bonds. The van der Waals surface area contributed by atoms with Crippen LogP contribution in [0.15, 0.2) is 66.9 Å². The van der Waals surface area contributed by atoms with Crippen LogP contribution in [0.25, 0.3) is 0 Å². The molecule has 21 heavy (non-hydrogen) atoms. The van der Waals surface area contributed by atoms with Crippen LogP contribution in [-0.2, 0) is 4.79 Å². The van der Waals surface area contributed by atoms with Gasteiger partial charge in [-0.2, -0.15) is 0 Å². The lowest BCUT2D eigenvalue weighted by molar-refractivity contribution is -0.110. The largest absolute Gasteiger partial charge is 0.506 e. The lowest BCUT2D eigenvalue weighted by atomic mass is 9.91. The lowest BCUT2D eigenvalue weighted by Crippen LogP contribution is -2.29. The first kappa shape index (κ1) is 13.4. The smallest absolute Gasteiger partial charge is 0.139 e. The summed E-state index contributed by atoms with van der Waals surface area (Å²) in [6, 6.07) is 17.4. The zero-order valence-corrected chi connectivity index (χ0v) is 11.6. The van der Waals surface area contributed by atoms with Gasteiger partial charge in [-0.3, -0.25) is 0 Å². The van der Waals surface area contributed by atoms with Crippen LogP contribution in [0, 0.1) is 5.92 Å². The number of nitrogens with zero attached hydrogens (tertiary/aromatic N) is 1. The highest BCUT2D eigenvalue weighted by molar-refractivity contribution is 5.64. The van der Waals surface area contributed by atoms with Gasteiger partial charge < -0.3 is 14.8 Å². The molecule has 0 radical (unpaired) electrons. The van der Waals surface area contributed by atoms with Gasteiger partial charge in [0.15, 0.2) is 0 Å². The van der Waals surface area contributed by atoms with Crippen molar-refractivity contribution in [3.8, 4) is 5.75 Å². The molecule has 1 N–H and O–H groups in total. The van der Waals surface area contributed by atoms with Crippen LogP contribution in [0.2, 0.25) is 0 Å². The quantitative estimate of drug-likeness (QED) is 0.871. The highest BCUT2D eigenvalue weighted by atomic mass is 16.3. The van der Waals surface area contributed by atoms with E-state index in [1.54, 1.807) is 12.1 Å². The summed E-state index contributed by atoms with van der Waals surface area (Å²) >= 11 is 0. The van der Waals surface area contributed by atoms with E-state index in [9.17, 15) is 9.90 Å². The Morgan fingerprint density at radius 1 is 1.05 bits per heavy atom. The van der Waals surface area contributed by atoms with Gasteiger partial charge in [-0.05, 0) is 24.1 Å². The van der Waals surface area contributed by atoms with Gasteiger partial charge in [0, 0.05) is 12.1 Å². The highest BCUT2D eigenvalue weighted by Gasteiger charge is 2.27. The second kappa shape index (κ2) is 5.83. The van der Waals surface area contributed by atoms with Crippen LogP contribution in [0.1, 0.15) is 18.0 Å². The summed E-state index contributed by atoms with van der Waals surface area (Å²) in [7, 11) is 0. The maximum Gasteiger partial charge on any atom is 0.139 e. The summed E-state index contributed by atoms with van der Waals surface area (Å²) in [5.41, 5.74) is 1.89. The number of benzene rings is 2. The number of hydrogen-bond acceptors (Lipinski definition) is 3. The SMILES string of the molecule is O=CC1C=CN(c2ccccc2O)C(c2ccccc2)C1. The molecule has 0 fully saturated rings. The minimum atomic E-state index is -0.0858. The number of aldehydes is 1. The summed E-state index contributed by atoms with van der Waals surface area (Å²) in [5.74, 6) is 0.157. The van der Waals surface area contributed by atoms with Crippen LogP contribution in [-0.4, -0.2) is 11.4 Å². The van der Waals surface area contributed by atoms with Crippen LogP contribution in [0.4, 0.5) is 5.69 Å². The minimum absolute atomic E-state index is 0.0414. The fourth-order valence-electron chi connectivity index (χ4n) is 2.76. The van der Waals surface area contributed by atoms with E-state index in [1.165, 1.54) is 0 Å². The number of carbonyl (C=O) groups excluding carboxylic acids is 1. The Balaban J connectivity index is 2.03. The molecule has 2 aromatic rings. The fraction of sp³-hybridized carbons (Fsp3) is 0.167. The zero-order valence-electron chi connectivity index (χ0n) is 11.6. The number of anilines is 1. The van der Waals surface area contributed by atoms with E-state index in [2.05, 4.69) is 12.1 Å². The number of phenolic OH excluding ortho intramolecular Hbond substituents is 1. The average Bonchev–Trinajstić information content (AvgIpc) is 2.56. The average molecular weight is 279 g/mol. The van der Waals surface area contributed by atoms with Crippen molar-refractivity contribution >= 4 is 12.0 Å². The molecule has 1 heterocycles. The minimum Gasteiger partial charge on any atom is -0.506 e. The Morgan fingerprint density at radius 3 is 2.48 bits per heavy atom.